The zero-order chi connectivity index (χ0) is 17.6. The maximum Gasteiger partial charge on any atom is 0.134 e. The molecule has 6 nitrogen and oxygen atoms in total. The van der Waals surface area contributed by atoms with E-state index in [2.05, 4.69) is 27.0 Å². The van der Waals surface area contributed by atoms with E-state index in [4.69, 9.17) is 10.1 Å². The van der Waals surface area contributed by atoms with Crippen molar-refractivity contribution in [2.24, 2.45) is 10.4 Å². The number of amidine groups is 1. The average molecular weight is 339 g/mol. The van der Waals surface area contributed by atoms with Crippen molar-refractivity contribution in [3.05, 3.63) is 11.8 Å². The lowest BCUT2D eigenvalue weighted by molar-refractivity contribution is 0.00885. The highest BCUT2D eigenvalue weighted by molar-refractivity contribution is 6.01. The second kappa shape index (κ2) is 8.58. The van der Waals surface area contributed by atoms with E-state index < -0.39 is 0 Å². The molecule has 0 bridgehead atoms. The summed E-state index contributed by atoms with van der Waals surface area (Å²) in [4.78, 5) is 8.71. The Kier molecular flexibility index (Phi) is 6.74. The minimum absolute atomic E-state index is 0.219. The molecule has 0 aromatic heterocycles. The first-order valence-electron chi connectivity index (χ1n) is 8.56. The molecular formula is C17H30FN5O. The standard InChI is InChI=1S/C17H30FN5O/c1-14(8-20-15(2)9-24-3)16(21-13-19)23-6-4-17(12-23)10-22(11-17)7-5-18/h8,13,15,19-20H,4-7,9-12H2,1-3H3/b14-8+,19-13?,21-16+/t15-/m1/s1. The molecule has 1 spiro atoms. The van der Waals surface area contributed by atoms with Crippen molar-refractivity contribution in [3.63, 3.8) is 0 Å². The monoisotopic (exact) mass is 339 g/mol. The second-order valence-electron chi connectivity index (χ2n) is 7.00. The smallest absolute Gasteiger partial charge is 0.134 e. The van der Waals surface area contributed by atoms with Crippen LogP contribution in [0.5, 0.6) is 0 Å². The van der Waals surface area contributed by atoms with Gasteiger partial charge in [-0.25, -0.2) is 9.38 Å². The van der Waals surface area contributed by atoms with Crippen LogP contribution in [-0.4, -0.2) is 81.1 Å². The fourth-order valence-electron chi connectivity index (χ4n) is 3.68. The Morgan fingerprint density at radius 2 is 2.21 bits per heavy atom. The Balaban J connectivity index is 1.95. The number of methoxy groups -OCH3 is 1. The fraction of sp³-hybridized carbons (Fsp3) is 0.765. The summed E-state index contributed by atoms with van der Waals surface area (Å²) in [7, 11) is 1.69. The van der Waals surface area contributed by atoms with Gasteiger partial charge in [-0.1, -0.05) is 0 Å². The molecule has 136 valence electrons. The molecule has 2 heterocycles. The lowest BCUT2D eigenvalue weighted by atomic mass is 9.79. The van der Waals surface area contributed by atoms with Gasteiger partial charge >= 0.3 is 0 Å². The van der Waals surface area contributed by atoms with Gasteiger partial charge in [-0.3, -0.25) is 10.3 Å². The molecule has 0 aromatic rings. The van der Waals surface area contributed by atoms with Crippen molar-refractivity contribution in [1.29, 1.82) is 5.41 Å². The second-order valence-corrected chi connectivity index (χ2v) is 7.00. The van der Waals surface area contributed by atoms with Crippen molar-refractivity contribution < 1.29 is 9.13 Å². The Hall–Kier alpha value is -1.47. The van der Waals surface area contributed by atoms with E-state index in [-0.39, 0.29) is 18.1 Å². The molecule has 0 aliphatic carbocycles. The zero-order valence-corrected chi connectivity index (χ0v) is 15.0. The Morgan fingerprint density at radius 1 is 1.46 bits per heavy atom. The molecule has 2 N–H and O–H groups in total. The first-order chi connectivity index (χ1) is 11.5. The summed E-state index contributed by atoms with van der Waals surface area (Å²) < 4.78 is 17.6. The minimum Gasteiger partial charge on any atom is -0.386 e. The summed E-state index contributed by atoms with van der Waals surface area (Å²) in [5.41, 5.74) is 1.29. The highest BCUT2D eigenvalue weighted by Crippen LogP contribution is 2.39. The highest BCUT2D eigenvalue weighted by Gasteiger charge is 2.47. The van der Waals surface area contributed by atoms with E-state index in [9.17, 15) is 4.39 Å². The van der Waals surface area contributed by atoms with Crippen LogP contribution < -0.4 is 5.32 Å². The van der Waals surface area contributed by atoms with Crippen molar-refractivity contribution in [2.45, 2.75) is 26.3 Å². The number of rotatable bonds is 8. The molecule has 2 rings (SSSR count). The minimum atomic E-state index is -0.270. The van der Waals surface area contributed by atoms with E-state index in [0.717, 1.165) is 50.3 Å². The Morgan fingerprint density at radius 3 is 2.83 bits per heavy atom. The predicted molar refractivity (Wildman–Crippen MR) is 95.5 cm³/mol. The van der Waals surface area contributed by atoms with E-state index in [1.165, 1.54) is 0 Å². The molecule has 2 fully saturated rings. The summed E-state index contributed by atoms with van der Waals surface area (Å²) in [5.74, 6) is 0.850. The molecule has 2 aliphatic rings. The fourth-order valence-corrected chi connectivity index (χ4v) is 3.68. The summed E-state index contributed by atoms with van der Waals surface area (Å²) in [6.07, 6.45) is 4.16. The number of nitrogens with zero attached hydrogens (tertiary/aromatic N) is 3. The number of alkyl halides is 1. The van der Waals surface area contributed by atoms with E-state index in [1.807, 2.05) is 13.1 Å². The lowest BCUT2D eigenvalue weighted by Crippen LogP contribution is -2.58. The molecule has 0 aromatic carbocycles. The van der Waals surface area contributed by atoms with Crippen LogP contribution in [-0.2, 0) is 4.74 Å². The third-order valence-corrected chi connectivity index (χ3v) is 4.80. The van der Waals surface area contributed by atoms with Gasteiger partial charge in [0, 0.05) is 63.1 Å². The molecule has 7 heteroatoms. The van der Waals surface area contributed by atoms with Crippen LogP contribution in [0.25, 0.3) is 0 Å². The lowest BCUT2D eigenvalue weighted by Gasteiger charge is -2.47. The van der Waals surface area contributed by atoms with E-state index >= 15 is 0 Å². The first kappa shape index (κ1) is 18.9. The van der Waals surface area contributed by atoms with Gasteiger partial charge in [0.2, 0.25) is 0 Å². The molecule has 2 aliphatic heterocycles. The van der Waals surface area contributed by atoms with Gasteiger partial charge in [0.25, 0.3) is 0 Å². The van der Waals surface area contributed by atoms with Crippen LogP contribution in [0.2, 0.25) is 0 Å². The molecule has 0 unspecified atom stereocenters. The van der Waals surface area contributed by atoms with Crippen molar-refractivity contribution in [1.82, 2.24) is 15.1 Å². The molecule has 0 radical (unpaired) electrons. The normalized spacial score (nSPS) is 22.6. The van der Waals surface area contributed by atoms with E-state index in [0.29, 0.717) is 13.2 Å². The zero-order valence-electron chi connectivity index (χ0n) is 15.0. The highest BCUT2D eigenvalue weighted by atomic mass is 19.1. The van der Waals surface area contributed by atoms with Crippen molar-refractivity contribution in [3.8, 4) is 0 Å². The van der Waals surface area contributed by atoms with Gasteiger partial charge in [-0.15, -0.1) is 0 Å². The van der Waals surface area contributed by atoms with Gasteiger partial charge in [-0.05, 0) is 20.3 Å². The predicted octanol–water partition coefficient (Wildman–Crippen LogP) is 1.50. The third kappa shape index (κ3) is 4.54. The number of halogens is 1. The number of hydrogen-bond donors (Lipinski definition) is 2. The number of aliphatic imine (C=N–C) groups is 1. The molecular weight excluding hydrogens is 309 g/mol. The van der Waals surface area contributed by atoms with Gasteiger partial charge in [0.15, 0.2) is 0 Å². The maximum absolute atomic E-state index is 12.4. The summed E-state index contributed by atoms with van der Waals surface area (Å²) in [5, 5.41) is 10.7. The van der Waals surface area contributed by atoms with Gasteiger partial charge in [0.1, 0.15) is 18.8 Å². The van der Waals surface area contributed by atoms with Gasteiger partial charge < -0.3 is 15.0 Å². The van der Waals surface area contributed by atoms with Crippen LogP contribution in [0.4, 0.5) is 4.39 Å². The number of likely N-dealkylation sites (tertiary alicyclic amines) is 2. The molecule has 2 saturated heterocycles. The Bertz CT molecular complexity index is 487. The molecule has 24 heavy (non-hydrogen) atoms. The summed E-state index contributed by atoms with van der Waals surface area (Å²) in [6.45, 7) is 8.79. The maximum atomic E-state index is 12.4. The first-order valence-corrected chi connectivity index (χ1v) is 8.56. The van der Waals surface area contributed by atoms with Crippen molar-refractivity contribution in [2.75, 3.05) is 53.1 Å². The van der Waals surface area contributed by atoms with Crippen LogP contribution in [0.3, 0.4) is 0 Å². The topological polar surface area (TPSA) is 64.0 Å². The third-order valence-electron chi connectivity index (χ3n) is 4.80. The summed E-state index contributed by atoms with van der Waals surface area (Å²) >= 11 is 0. The number of hydrogen-bond acceptors (Lipinski definition) is 4. The SMILES string of the molecule is COC[C@@H](C)N/C=C(C)/C(=N\C=N)N1CCC2(CN(CCF)C2)C1. The van der Waals surface area contributed by atoms with Gasteiger partial charge in [0.05, 0.1) is 6.61 Å². The van der Waals surface area contributed by atoms with E-state index in [1.54, 1.807) is 7.11 Å². The molecule has 0 saturated carbocycles. The Labute approximate surface area is 144 Å². The van der Waals surface area contributed by atoms with Gasteiger partial charge in [-0.2, -0.15) is 0 Å². The average Bonchev–Trinajstić information content (AvgIpc) is 2.95. The largest absolute Gasteiger partial charge is 0.386 e. The van der Waals surface area contributed by atoms with Crippen LogP contribution in [0.15, 0.2) is 16.8 Å². The van der Waals surface area contributed by atoms with Crippen LogP contribution in [0, 0.1) is 10.8 Å². The molecule has 1 atom stereocenters. The molecule has 0 amide bonds. The number of nitrogens with one attached hydrogen (secondary N) is 2. The summed E-state index contributed by atoms with van der Waals surface area (Å²) in [6, 6.07) is 0.219. The number of ether oxygens (including phenoxy) is 1. The van der Waals surface area contributed by atoms with Crippen LogP contribution >= 0.6 is 0 Å². The quantitative estimate of drug-likeness (QED) is 0.520. The van der Waals surface area contributed by atoms with Crippen LogP contribution in [0.1, 0.15) is 20.3 Å². The van der Waals surface area contributed by atoms with Crippen molar-refractivity contribution >= 4 is 12.2 Å².